The molecule has 6 heteroatoms. The number of aliphatic hydroxyl groups excluding tert-OH is 1. The first-order chi connectivity index (χ1) is 16.5. The van der Waals surface area contributed by atoms with E-state index in [4.69, 9.17) is 0 Å². The van der Waals surface area contributed by atoms with Crippen molar-refractivity contribution in [3.8, 4) is 0 Å². The van der Waals surface area contributed by atoms with Crippen molar-refractivity contribution in [1.82, 2.24) is 0 Å². The number of carbonyl (C=O) groups is 4. The van der Waals surface area contributed by atoms with E-state index >= 15 is 0 Å². The Kier molecular flexibility index (Phi) is 6.51. The summed E-state index contributed by atoms with van der Waals surface area (Å²) in [6.07, 6.45) is 3.25. The van der Waals surface area contributed by atoms with Crippen LogP contribution in [-0.4, -0.2) is 39.6 Å². The minimum atomic E-state index is -0.971. The number of ketones is 3. The third kappa shape index (κ3) is 3.60. The van der Waals surface area contributed by atoms with Gasteiger partial charge in [-0.3, -0.25) is 19.2 Å². The maximum atomic E-state index is 14.0. The number of hydrogen-bond donors (Lipinski definition) is 2. The average Bonchev–Trinajstić information content (AvgIpc) is 2.97. The molecule has 2 saturated carbocycles. The summed E-state index contributed by atoms with van der Waals surface area (Å²) in [5, 5.41) is 20.8. The van der Waals surface area contributed by atoms with Crippen molar-refractivity contribution < 1.29 is 29.4 Å². The molecule has 0 aliphatic heterocycles. The molecule has 4 rings (SSSR count). The molecule has 0 aromatic heterocycles. The van der Waals surface area contributed by atoms with Gasteiger partial charge in [-0.05, 0) is 48.9 Å². The summed E-state index contributed by atoms with van der Waals surface area (Å²) in [7, 11) is 0. The van der Waals surface area contributed by atoms with Crippen LogP contribution in [0.2, 0.25) is 0 Å². The van der Waals surface area contributed by atoms with Gasteiger partial charge in [0, 0.05) is 47.5 Å². The second kappa shape index (κ2) is 8.61. The molecule has 0 heterocycles. The van der Waals surface area contributed by atoms with Gasteiger partial charge in [0.05, 0.1) is 12.0 Å². The largest absolute Gasteiger partial charge is 0.481 e. The van der Waals surface area contributed by atoms with Crippen molar-refractivity contribution in [3.05, 3.63) is 11.1 Å². The maximum Gasteiger partial charge on any atom is 0.306 e. The van der Waals surface area contributed by atoms with Gasteiger partial charge in [-0.25, -0.2) is 0 Å². The summed E-state index contributed by atoms with van der Waals surface area (Å²) in [4.78, 5) is 50.8. The Bertz CT molecular complexity index is 1040. The number of aliphatic carboxylic acids is 1. The molecule has 0 amide bonds. The topological polar surface area (TPSA) is 109 Å². The second-order valence-corrected chi connectivity index (χ2v) is 13.7. The van der Waals surface area contributed by atoms with Crippen LogP contribution in [-0.2, 0) is 19.2 Å². The summed E-state index contributed by atoms with van der Waals surface area (Å²) >= 11 is 0. The van der Waals surface area contributed by atoms with Gasteiger partial charge in [0.15, 0.2) is 5.78 Å². The standard InChI is InChI=1S/C30H44O6/c1-16(12-18(31)13-17(2)26(35)36)20-14-24(34)30(7)19-8-9-22-27(3,4)23(33)10-11-28(22,5)25(19)21(32)15-29(20,30)6/h16-17,20,22,24,34H,8-15H2,1-7H3,(H,35,36)/t16?,17?,20-,22+,24+,28+,29-,30-/m1/s1. The van der Waals surface area contributed by atoms with Crippen molar-refractivity contribution in [2.45, 2.75) is 106 Å². The van der Waals surface area contributed by atoms with Crippen molar-refractivity contribution >= 4 is 23.3 Å². The zero-order valence-electron chi connectivity index (χ0n) is 23.1. The predicted molar refractivity (Wildman–Crippen MR) is 136 cm³/mol. The summed E-state index contributed by atoms with van der Waals surface area (Å²) in [6, 6.07) is 0. The van der Waals surface area contributed by atoms with Crippen molar-refractivity contribution in [2.75, 3.05) is 0 Å². The Balaban J connectivity index is 1.70. The highest BCUT2D eigenvalue weighted by Crippen LogP contribution is 2.71. The molecule has 0 saturated heterocycles. The highest BCUT2D eigenvalue weighted by Gasteiger charge is 2.68. The number of rotatable bonds is 6. The van der Waals surface area contributed by atoms with E-state index in [9.17, 15) is 29.4 Å². The second-order valence-electron chi connectivity index (χ2n) is 13.7. The smallest absolute Gasteiger partial charge is 0.306 e. The van der Waals surface area contributed by atoms with Crippen LogP contribution in [0.3, 0.4) is 0 Å². The molecule has 200 valence electrons. The molecule has 0 spiro atoms. The first kappa shape index (κ1) is 27.2. The number of carbonyl (C=O) groups excluding carboxylic acids is 3. The van der Waals surface area contributed by atoms with E-state index in [0.29, 0.717) is 25.7 Å². The van der Waals surface area contributed by atoms with E-state index in [1.807, 2.05) is 20.8 Å². The number of Topliss-reactive ketones (excluding diaryl/α,β-unsaturated/α-hetero) is 3. The molecular weight excluding hydrogens is 456 g/mol. The molecule has 2 fully saturated rings. The summed E-state index contributed by atoms with van der Waals surface area (Å²) in [5.41, 5.74) is 0.108. The minimum absolute atomic E-state index is 0.00537. The number of aliphatic hydroxyl groups is 1. The molecule has 4 aliphatic carbocycles. The third-order valence-electron chi connectivity index (χ3n) is 11.6. The van der Waals surface area contributed by atoms with Crippen LogP contribution in [0.4, 0.5) is 0 Å². The molecule has 2 N–H and O–H groups in total. The van der Waals surface area contributed by atoms with Gasteiger partial charge in [-0.1, -0.05) is 54.0 Å². The number of allylic oxidation sites excluding steroid dienone is 1. The van der Waals surface area contributed by atoms with E-state index in [1.165, 1.54) is 0 Å². The lowest BCUT2D eigenvalue weighted by Gasteiger charge is -2.60. The van der Waals surface area contributed by atoms with Crippen molar-refractivity contribution in [3.63, 3.8) is 0 Å². The number of carboxylic acids is 1. The summed E-state index contributed by atoms with van der Waals surface area (Å²) in [6.45, 7) is 14.1. The van der Waals surface area contributed by atoms with Gasteiger partial charge in [0.25, 0.3) is 0 Å². The van der Waals surface area contributed by atoms with E-state index in [-0.39, 0.29) is 53.4 Å². The molecule has 0 bridgehead atoms. The fraction of sp³-hybridized carbons (Fsp3) is 0.800. The van der Waals surface area contributed by atoms with Gasteiger partial charge >= 0.3 is 5.97 Å². The molecule has 8 atom stereocenters. The van der Waals surface area contributed by atoms with Crippen LogP contribution >= 0.6 is 0 Å². The van der Waals surface area contributed by atoms with Crippen molar-refractivity contribution in [1.29, 1.82) is 0 Å². The highest BCUT2D eigenvalue weighted by molar-refractivity contribution is 6.00. The summed E-state index contributed by atoms with van der Waals surface area (Å²) < 4.78 is 0. The number of carboxylic acid groups (broad SMARTS) is 1. The van der Waals surface area contributed by atoms with E-state index in [2.05, 4.69) is 20.8 Å². The molecule has 2 unspecified atom stereocenters. The molecule has 0 radical (unpaired) electrons. The predicted octanol–water partition coefficient (Wildman–Crippen LogP) is 5.16. The fourth-order valence-electron chi connectivity index (χ4n) is 9.26. The zero-order valence-corrected chi connectivity index (χ0v) is 23.1. The molecule has 6 nitrogen and oxygen atoms in total. The van der Waals surface area contributed by atoms with Crippen LogP contribution < -0.4 is 0 Å². The van der Waals surface area contributed by atoms with Crippen LogP contribution in [0.15, 0.2) is 11.1 Å². The Morgan fingerprint density at radius 3 is 2.28 bits per heavy atom. The Hall–Kier alpha value is -1.82. The Morgan fingerprint density at radius 2 is 1.67 bits per heavy atom. The molecular formula is C30H44O6. The lowest BCUT2D eigenvalue weighted by atomic mass is 9.43. The van der Waals surface area contributed by atoms with E-state index in [1.54, 1.807) is 6.92 Å². The monoisotopic (exact) mass is 500 g/mol. The van der Waals surface area contributed by atoms with Gasteiger partial charge in [0.1, 0.15) is 11.6 Å². The maximum absolute atomic E-state index is 14.0. The average molecular weight is 501 g/mol. The van der Waals surface area contributed by atoms with Gasteiger partial charge < -0.3 is 10.2 Å². The van der Waals surface area contributed by atoms with Crippen LogP contribution in [0.1, 0.15) is 99.8 Å². The lowest BCUT2D eigenvalue weighted by Crippen LogP contribution is -2.57. The van der Waals surface area contributed by atoms with E-state index < -0.39 is 34.2 Å². The fourth-order valence-corrected chi connectivity index (χ4v) is 9.26. The molecule has 0 aromatic rings. The minimum Gasteiger partial charge on any atom is -0.481 e. The quantitative estimate of drug-likeness (QED) is 0.521. The highest BCUT2D eigenvalue weighted by atomic mass is 16.4. The first-order valence-electron chi connectivity index (χ1n) is 13.7. The molecule has 4 aliphatic rings. The zero-order chi connectivity index (χ0) is 27.0. The first-order valence-corrected chi connectivity index (χ1v) is 13.7. The normalized spacial score (nSPS) is 41.3. The lowest BCUT2D eigenvalue weighted by molar-refractivity contribution is -0.143. The van der Waals surface area contributed by atoms with E-state index in [0.717, 1.165) is 24.0 Å². The Morgan fingerprint density at radius 1 is 1.03 bits per heavy atom. The van der Waals surface area contributed by atoms with Gasteiger partial charge in [0.2, 0.25) is 0 Å². The van der Waals surface area contributed by atoms with Crippen LogP contribution in [0.25, 0.3) is 0 Å². The number of fused-ring (bicyclic) bond motifs is 4. The van der Waals surface area contributed by atoms with Crippen LogP contribution in [0.5, 0.6) is 0 Å². The Labute approximate surface area is 215 Å². The van der Waals surface area contributed by atoms with Crippen molar-refractivity contribution in [2.24, 2.45) is 45.3 Å². The van der Waals surface area contributed by atoms with Gasteiger partial charge in [-0.2, -0.15) is 0 Å². The summed E-state index contributed by atoms with van der Waals surface area (Å²) in [5.74, 6) is -1.29. The molecule has 0 aromatic carbocycles. The third-order valence-corrected chi connectivity index (χ3v) is 11.6. The van der Waals surface area contributed by atoms with Crippen LogP contribution in [0, 0.1) is 45.3 Å². The van der Waals surface area contributed by atoms with Gasteiger partial charge in [-0.15, -0.1) is 0 Å². The molecule has 36 heavy (non-hydrogen) atoms. The SMILES string of the molecule is CC(CC(=O)CC(C)[C@H]1C[C@H](O)[C@@]2(C)C3=C(C(=O)C[C@]12C)[C@@]1(C)CCC(=O)C(C)(C)[C@@H]1CC3)C(=O)O. The number of hydrogen-bond acceptors (Lipinski definition) is 5.